The molecule has 1 atom stereocenters. The molecular weight excluding hydrogens is 410 g/mol. The molecule has 1 aliphatic heterocycles. The van der Waals surface area contributed by atoms with Crippen LogP contribution in [-0.2, 0) is 16.0 Å². The van der Waals surface area contributed by atoms with Crippen LogP contribution in [0.4, 0.5) is 11.4 Å². The van der Waals surface area contributed by atoms with Crippen molar-refractivity contribution in [3.8, 4) is 5.69 Å². The molecule has 1 aromatic heterocycles. The number of nitrogens with zero attached hydrogens (tertiary/aromatic N) is 2. The minimum Gasteiger partial charge on any atom is -0.388 e. The lowest BCUT2D eigenvalue weighted by Crippen LogP contribution is -2.19. The molecule has 0 saturated heterocycles. The van der Waals surface area contributed by atoms with Crippen LogP contribution in [0.5, 0.6) is 0 Å². The number of hydrogen-bond donors (Lipinski definition) is 4. The lowest BCUT2D eigenvalue weighted by Gasteiger charge is -2.19. The zero-order valence-corrected chi connectivity index (χ0v) is 17.2. The molecule has 3 amide bonds. The smallest absolute Gasteiger partial charge is 0.269 e. The summed E-state index contributed by atoms with van der Waals surface area (Å²) in [5.41, 5.74) is 8.95. The van der Waals surface area contributed by atoms with Gasteiger partial charge in [-0.1, -0.05) is 24.3 Å². The van der Waals surface area contributed by atoms with Crippen LogP contribution in [0.3, 0.4) is 0 Å². The minimum atomic E-state index is -0.803. The second kappa shape index (κ2) is 9.03. The number of primary amides is 1. The third-order valence-electron chi connectivity index (χ3n) is 5.32. The van der Waals surface area contributed by atoms with Crippen LogP contribution in [0.2, 0.25) is 0 Å². The number of carbonyl (C=O) groups is 3. The second-order valence-electron chi connectivity index (χ2n) is 7.59. The number of aliphatic hydroxyl groups is 1. The van der Waals surface area contributed by atoms with Crippen molar-refractivity contribution >= 4 is 29.1 Å². The van der Waals surface area contributed by atoms with Crippen molar-refractivity contribution < 1.29 is 19.5 Å². The van der Waals surface area contributed by atoms with E-state index in [1.807, 2.05) is 6.07 Å². The molecule has 0 aliphatic carbocycles. The van der Waals surface area contributed by atoms with Crippen molar-refractivity contribution in [1.82, 2.24) is 9.78 Å². The predicted molar refractivity (Wildman–Crippen MR) is 118 cm³/mol. The number of carbonyl (C=O) groups excluding carboxylic acids is 3. The Hall–Kier alpha value is -3.98. The highest BCUT2D eigenvalue weighted by molar-refractivity contribution is 5.94. The van der Waals surface area contributed by atoms with Crippen LogP contribution in [0, 0.1) is 0 Å². The Bertz CT molecular complexity index is 1190. The Morgan fingerprint density at radius 2 is 2.00 bits per heavy atom. The number of aromatic nitrogens is 2. The van der Waals surface area contributed by atoms with Gasteiger partial charge in [0.25, 0.3) is 5.91 Å². The predicted octanol–water partition coefficient (Wildman–Crippen LogP) is 2.31. The molecule has 5 N–H and O–H groups in total. The Kier molecular flexibility index (Phi) is 6.00. The zero-order valence-electron chi connectivity index (χ0n) is 17.2. The molecular formula is C23H23N5O4. The van der Waals surface area contributed by atoms with E-state index >= 15 is 0 Å². The Morgan fingerprint density at radius 3 is 2.78 bits per heavy atom. The molecule has 2 heterocycles. The van der Waals surface area contributed by atoms with Crippen molar-refractivity contribution in [2.45, 2.75) is 31.8 Å². The number of nitrogens with two attached hydrogens (primary N) is 1. The van der Waals surface area contributed by atoms with E-state index < -0.39 is 12.0 Å². The second-order valence-corrected chi connectivity index (χ2v) is 7.59. The number of benzene rings is 2. The van der Waals surface area contributed by atoms with Crippen LogP contribution in [0.15, 0.2) is 54.7 Å². The maximum absolute atomic E-state index is 12.5. The summed E-state index contributed by atoms with van der Waals surface area (Å²) in [7, 11) is 0. The Morgan fingerprint density at radius 1 is 1.19 bits per heavy atom. The first-order chi connectivity index (χ1) is 15.4. The van der Waals surface area contributed by atoms with Gasteiger partial charge < -0.3 is 21.5 Å². The average molecular weight is 433 g/mol. The summed E-state index contributed by atoms with van der Waals surface area (Å²) in [6, 6.07) is 14.0. The van der Waals surface area contributed by atoms with Crippen LogP contribution in [0.1, 0.15) is 47.0 Å². The summed E-state index contributed by atoms with van der Waals surface area (Å²) in [4.78, 5) is 35.3. The highest BCUT2D eigenvalue weighted by atomic mass is 16.3. The van der Waals surface area contributed by atoms with Gasteiger partial charge in [-0.25, -0.2) is 4.68 Å². The first-order valence-electron chi connectivity index (χ1n) is 10.3. The van der Waals surface area contributed by atoms with E-state index in [1.54, 1.807) is 42.6 Å². The number of para-hydroxylation sites is 2. The number of hydrogen-bond acceptors (Lipinski definition) is 5. The molecule has 0 bridgehead atoms. The largest absolute Gasteiger partial charge is 0.388 e. The molecule has 9 nitrogen and oxygen atoms in total. The summed E-state index contributed by atoms with van der Waals surface area (Å²) >= 11 is 0. The van der Waals surface area contributed by atoms with E-state index in [0.29, 0.717) is 29.8 Å². The Labute approximate surface area is 184 Å². The fraction of sp³-hybridized carbons (Fsp3) is 0.217. The molecule has 2 aromatic carbocycles. The minimum absolute atomic E-state index is 0.0105. The summed E-state index contributed by atoms with van der Waals surface area (Å²) in [5, 5.41) is 20.3. The summed E-state index contributed by atoms with van der Waals surface area (Å²) in [6.45, 7) is 0. The standard InChI is InChI=1S/C23H23N5O4/c24-23(32)18-11-12-28(27-18)19-4-2-1-3-17(19)26-22(31)10-8-20(29)15-5-7-16-14(13-15)6-9-21(30)25-16/h1-5,7,11-13,20,29H,6,8-10H2,(H2,24,32)(H,25,30)(H,26,31). The van der Waals surface area contributed by atoms with Crippen molar-refractivity contribution in [2.24, 2.45) is 5.73 Å². The molecule has 9 heteroatoms. The third-order valence-corrected chi connectivity index (χ3v) is 5.32. The molecule has 1 aliphatic rings. The van der Waals surface area contributed by atoms with E-state index in [-0.39, 0.29) is 30.3 Å². The van der Waals surface area contributed by atoms with Crippen molar-refractivity contribution in [1.29, 1.82) is 0 Å². The van der Waals surface area contributed by atoms with Crippen molar-refractivity contribution in [2.75, 3.05) is 10.6 Å². The number of anilines is 2. The van der Waals surface area contributed by atoms with Gasteiger partial charge in [-0.05, 0) is 48.2 Å². The van der Waals surface area contributed by atoms with Gasteiger partial charge in [-0.2, -0.15) is 5.10 Å². The quantitative estimate of drug-likeness (QED) is 0.453. The molecule has 3 aromatic rings. The molecule has 0 fully saturated rings. The number of aryl methyl sites for hydroxylation is 1. The van der Waals surface area contributed by atoms with Gasteiger partial charge in [0.15, 0.2) is 0 Å². The lowest BCUT2D eigenvalue weighted by atomic mass is 9.96. The average Bonchev–Trinajstić information content (AvgIpc) is 3.28. The maximum Gasteiger partial charge on any atom is 0.269 e. The number of aliphatic hydroxyl groups excluding tert-OH is 1. The molecule has 32 heavy (non-hydrogen) atoms. The highest BCUT2D eigenvalue weighted by Crippen LogP contribution is 2.28. The normalized spacial score (nSPS) is 13.7. The van der Waals surface area contributed by atoms with Gasteiger partial charge in [0.2, 0.25) is 11.8 Å². The van der Waals surface area contributed by atoms with Crippen LogP contribution in [0.25, 0.3) is 5.69 Å². The van der Waals surface area contributed by atoms with E-state index in [1.165, 1.54) is 10.7 Å². The maximum atomic E-state index is 12.5. The highest BCUT2D eigenvalue weighted by Gasteiger charge is 2.18. The molecule has 0 radical (unpaired) electrons. The van der Waals surface area contributed by atoms with E-state index in [9.17, 15) is 19.5 Å². The summed E-state index contributed by atoms with van der Waals surface area (Å²) < 4.78 is 1.47. The van der Waals surface area contributed by atoms with Gasteiger partial charge in [0.1, 0.15) is 5.69 Å². The summed E-state index contributed by atoms with van der Waals surface area (Å²) in [5.74, 6) is -0.906. The molecule has 164 valence electrons. The van der Waals surface area contributed by atoms with Gasteiger partial charge in [0, 0.05) is 24.7 Å². The number of fused-ring (bicyclic) bond motifs is 1. The number of nitrogens with one attached hydrogen (secondary N) is 2. The summed E-state index contributed by atoms with van der Waals surface area (Å²) in [6.07, 6.45) is 2.19. The van der Waals surface area contributed by atoms with Crippen LogP contribution in [-0.4, -0.2) is 32.6 Å². The number of amides is 3. The first-order valence-corrected chi connectivity index (χ1v) is 10.3. The molecule has 4 rings (SSSR count). The van der Waals surface area contributed by atoms with Crippen molar-refractivity contribution in [3.05, 3.63) is 71.5 Å². The molecule has 1 unspecified atom stereocenters. The zero-order chi connectivity index (χ0) is 22.7. The van der Waals surface area contributed by atoms with Crippen molar-refractivity contribution in [3.63, 3.8) is 0 Å². The van der Waals surface area contributed by atoms with E-state index in [4.69, 9.17) is 5.73 Å². The topological polar surface area (TPSA) is 139 Å². The Balaban J connectivity index is 1.39. The van der Waals surface area contributed by atoms with Crippen LogP contribution < -0.4 is 16.4 Å². The number of rotatable bonds is 7. The van der Waals surface area contributed by atoms with Crippen LogP contribution >= 0.6 is 0 Å². The van der Waals surface area contributed by atoms with E-state index in [2.05, 4.69) is 15.7 Å². The van der Waals surface area contributed by atoms with Gasteiger partial charge in [0.05, 0.1) is 17.5 Å². The van der Waals surface area contributed by atoms with E-state index in [0.717, 1.165) is 11.3 Å². The monoisotopic (exact) mass is 433 g/mol. The van der Waals surface area contributed by atoms with Gasteiger partial charge in [-0.15, -0.1) is 0 Å². The SMILES string of the molecule is NC(=O)c1ccn(-c2ccccc2NC(=O)CCC(O)c2ccc3c(c2)CCC(=O)N3)n1. The molecule has 0 saturated carbocycles. The lowest BCUT2D eigenvalue weighted by molar-refractivity contribution is -0.117. The fourth-order valence-electron chi connectivity index (χ4n) is 3.63. The van der Waals surface area contributed by atoms with Gasteiger partial charge in [-0.3, -0.25) is 14.4 Å². The fourth-order valence-corrected chi connectivity index (χ4v) is 3.63. The van der Waals surface area contributed by atoms with Gasteiger partial charge >= 0.3 is 0 Å². The third kappa shape index (κ3) is 4.68. The molecule has 0 spiro atoms. The first kappa shape index (κ1) is 21.3.